The lowest BCUT2D eigenvalue weighted by Crippen LogP contribution is -2.40. The van der Waals surface area contributed by atoms with E-state index in [2.05, 4.69) is 4.98 Å². The Morgan fingerprint density at radius 2 is 1.85 bits per heavy atom. The number of halogens is 1. The molecule has 3 rings (SSSR count). The van der Waals surface area contributed by atoms with Gasteiger partial charge in [0.15, 0.2) is 5.78 Å². The SMILES string of the molecule is Cl.NCCN(CCc1ccccc1)C(=O)c1cc2c([nH]c1=O)CCCC2=O. The van der Waals surface area contributed by atoms with Gasteiger partial charge in [-0.05, 0) is 30.9 Å². The largest absolute Gasteiger partial charge is 0.337 e. The Balaban J connectivity index is 0.00000261. The van der Waals surface area contributed by atoms with Gasteiger partial charge in [0, 0.05) is 37.3 Å². The molecule has 0 unspecified atom stereocenters. The maximum atomic E-state index is 12.9. The molecule has 0 aliphatic heterocycles. The van der Waals surface area contributed by atoms with Crippen molar-refractivity contribution in [1.29, 1.82) is 0 Å². The molecule has 27 heavy (non-hydrogen) atoms. The molecule has 1 amide bonds. The fraction of sp³-hybridized carbons (Fsp3) is 0.350. The molecule has 1 aliphatic carbocycles. The third kappa shape index (κ3) is 4.84. The molecule has 0 bridgehead atoms. The summed E-state index contributed by atoms with van der Waals surface area (Å²) in [5.74, 6) is -0.403. The number of hydrogen-bond acceptors (Lipinski definition) is 4. The molecular formula is C20H24ClN3O3. The molecule has 7 heteroatoms. The zero-order valence-electron chi connectivity index (χ0n) is 15.1. The van der Waals surface area contributed by atoms with Crippen molar-refractivity contribution in [3.8, 4) is 0 Å². The van der Waals surface area contributed by atoms with Crippen LogP contribution in [0.2, 0.25) is 0 Å². The normalized spacial score (nSPS) is 12.9. The third-order valence-electron chi connectivity index (χ3n) is 4.68. The molecule has 0 atom stereocenters. The second-order valence-corrected chi connectivity index (χ2v) is 6.50. The van der Waals surface area contributed by atoms with Gasteiger partial charge in [0.05, 0.1) is 0 Å². The zero-order chi connectivity index (χ0) is 18.5. The first kappa shape index (κ1) is 20.9. The number of fused-ring (bicyclic) bond motifs is 1. The maximum Gasteiger partial charge on any atom is 0.261 e. The van der Waals surface area contributed by atoms with Gasteiger partial charge in [-0.25, -0.2) is 0 Å². The van der Waals surface area contributed by atoms with Gasteiger partial charge in [0.25, 0.3) is 11.5 Å². The molecule has 1 aromatic heterocycles. The summed E-state index contributed by atoms with van der Waals surface area (Å²) in [6.45, 7) is 1.13. The fourth-order valence-electron chi connectivity index (χ4n) is 3.28. The minimum Gasteiger partial charge on any atom is -0.337 e. The molecule has 0 fully saturated rings. The molecule has 0 radical (unpaired) electrons. The Labute approximate surface area is 164 Å². The first-order chi connectivity index (χ1) is 12.6. The fourth-order valence-corrected chi connectivity index (χ4v) is 3.28. The van der Waals surface area contributed by atoms with Crippen molar-refractivity contribution in [3.05, 3.63) is 69.1 Å². The highest BCUT2D eigenvalue weighted by Crippen LogP contribution is 2.19. The number of H-pyrrole nitrogens is 1. The topological polar surface area (TPSA) is 96.3 Å². The quantitative estimate of drug-likeness (QED) is 0.789. The standard InChI is InChI=1S/C20H23N3O3.ClH/c21-10-12-23(11-9-14-5-2-1-3-6-14)20(26)16-13-15-17(22-19(16)25)7-4-8-18(15)24;/h1-3,5-6,13H,4,7-12,21H2,(H,22,25);1H. The van der Waals surface area contributed by atoms with Crippen molar-refractivity contribution >= 4 is 24.1 Å². The van der Waals surface area contributed by atoms with Gasteiger partial charge >= 0.3 is 0 Å². The van der Waals surface area contributed by atoms with Crippen molar-refractivity contribution in [2.45, 2.75) is 25.7 Å². The number of aryl methyl sites for hydroxylation is 1. The maximum absolute atomic E-state index is 12.9. The predicted octanol–water partition coefficient (Wildman–Crippen LogP) is 1.96. The molecule has 6 nitrogen and oxygen atoms in total. The van der Waals surface area contributed by atoms with Gasteiger partial charge < -0.3 is 15.6 Å². The summed E-state index contributed by atoms with van der Waals surface area (Å²) < 4.78 is 0. The molecule has 0 saturated carbocycles. The molecule has 2 aromatic rings. The van der Waals surface area contributed by atoms with Crippen molar-refractivity contribution in [3.63, 3.8) is 0 Å². The number of rotatable bonds is 6. The van der Waals surface area contributed by atoms with E-state index >= 15 is 0 Å². The van der Waals surface area contributed by atoms with Gasteiger partial charge in [-0.1, -0.05) is 30.3 Å². The first-order valence-electron chi connectivity index (χ1n) is 8.93. The second-order valence-electron chi connectivity index (χ2n) is 6.50. The second kappa shape index (κ2) is 9.48. The summed E-state index contributed by atoms with van der Waals surface area (Å²) in [7, 11) is 0. The van der Waals surface area contributed by atoms with E-state index in [1.165, 1.54) is 6.07 Å². The van der Waals surface area contributed by atoms with E-state index in [1.54, 1.807) is 4.90 Å². The van der Waals surface area contributed by atoms with E-state index in [1.807, 2.05) is 30.3 Å². The number of Topliss-reactive ketones (excluding diaryl/α,β-unsaturated/α-hetero) is 1. The molecule has 0 spiro atoms. The van der Waals surface area contributed by atoms with Gasteiger partial charge in [-0.15, -0.1) is 12.4 Å². The van der Waals surface area contributed by atoms with E-state index in [0.29, 0.717) is 50.2 Å². The number of benzene rings is 1. The Hall–Kier alpha value is -2.44. The number of nitrogens with zero attached hydrogens (tertiary/aromatic N) is 1. The lowest BCUT2D eigenvalue weighted by Gasteiger charge is -2.23. The highest BCUT2D eigenvalue weighted by Gasteiger charge is 2.24. The van der Waals surface area contributed by atoms with Gasteiger partial charge in [0.1, 0.15) is 5.56 Å². The average Bonchev–Trinajstić information content (AvgIpc) is 2.65. The minimum absolute atomic E-state index is 0. The van der Waals surface area contributed by atoms with Crippen LogP contribution in [0.1, 0.15) is 44.8 Å². The van der Waals surface area contributed by atoms with Gasteiger partial charge in [-0.2, -0.15) is 0 Å². The van der Waals surface area contributed by atoms with Crippen LogP contribution in [0.5, 0.6) is 0 Å². The van der Waals surface area contributed by atoms with Crippen molar-refractivity contribution in [2.24, 2.45) is 5.73 Å². The number of nitrogens with two attached hydrogens (primary N) is 1. The first-order valence-corrected chi connectivity index (χ1v) is 8.93. The van der Waals surface area contributed by atoms with E-state index in [4.69, 9.17) is 5.73 Å². The van der Waals surface area contributed by atoms with Crippen LogP contribution < -0.4 is 11.3 Å². The Bertz CT molecular complexity index is 865. The van der Waals surface area contributed by atoms with E-state index in [-0.39, 0.29) is 29.7 Å². The van der Waals surface area contributed by atoms with Crippen LogP contribution in [-0.4, -0.2) is 41.2 Å². The average molecular weight is 390 g/mol. The molecule has 1 aliphatic rings. The minimum atomic E-state index is -0.440. The smallest absolute Gasteiger partial charge is 0.261 e. The van der Waals surface area contributed by atoms with E-state index in [0.717, 1.165) is 12.0 Å². The number of pyridine rings is 1. The molecular weight excluding hydrogens is 366 g/mol. The van der Waals surface area contributed by atoms with Gasteiger partial charge in [-0.3, -0.25) is 14.4 Å². The number of carbonyl (C=O) groups excluding carboxylic acids is 2. The summed E-state index contributed by atoms with van der Waals surface area (Å²) in [4.78, 5) is 41.7. The Morgan fingerprint density at radius 1 is 1.11 bits per heavy atom. The summed E-state index contributed by atoms with van der Waals surface area (Å²) in [5.41, 5.74) is 7.44. The monoisotopic (exact) mass is 389 g/mol. The molecule has 0 saturated heterocycles. The predicted molar refractivity (Wildman–Crippen MR) is 107 cm³/mol. The van der Waals surface area contributed by atoms with Gasteiger partial charge in [0.2, 0.25) is 0 Å². The van der Waals surface area contributed by atoms with Crippen LogP contribution in [0.4, 0.5) is 0 Å². The highest BCUT2D eigenvalue weighted by atomic mass is 35.5. The number of aromatic amines is 1. The van der Waals surface area contributed by atoms with Crippen molar-refractivity contribution in [1.82, 2.24) is 9.88 Å². The molecule has 1 heterocycles. The number of ketones is 1. The summed E-state index contributed by atoms with van der Waals surface area (Å²) >= 11 is 0. The lowest BCUT2D eigenvalue weighted by atomic mass is 9.93. The number of carbonyl (C=O) groups is 2. The van der Waals surface area contributed by atoms with E-state index < -0.39 is 5.56 Å². The molecule has 144 valence electrons. The number of nitrogens with one attached hydrogen (secondary N) is 1. The Kier molecular flexibility index (Phi) is 7.33. The van der Waals surface area contributed by atoms with Crippen LogP contribution in [0, 0.1) is 0 Å². The summed E-state index contributed by atoms with van der Waals surface area (Å²) in [6, 6.07) is 11.3. The van der Waals surface area contributed by atoms with Crippen molar-refractivity contribution < 1.29 is 9.59 Å². The van der Waals surface area contributed by atoms with E-state index in [9.17, 15) is 14.4 Å². The van der Waals surface area contributed by atoms with Crippen LogP contribution in [0.25, 0.3) is 0 Å². The lowest BCUT2D eigenvalue weighted by molar-refractivity contribution is 0.0760. The third-order valence-corrected chi connectivity index (χ3v) is 4.68. The van der Waals surface area contributed by atoms with Crippen LogP contribution >= 0.6 is 12.4 Å². The van der Waals surface area contributed by atoms with Crippen LogP contribution in [0.15, 0.2) is 41.2 Å². The number of aromatic nitrogens is 1. The summed E-state index contributed by atoms with van der Waals surface area (Å²) in [5, 5.41) is 0. The Morgan fingerprint density at radius 3 is 2.56 bits per heavy atom. The van der Waals surface area contributed by atoms with Crippen LogP contribution in [0.3, 0.4) is 0 Å². The molecule has 1 aromatic carbocycles. The number of amides is 1. The highest BCUT2D eigenvalue weighted by molar-refractivity contribution is 6.01. The van der Waals surface area contributed by atoms with Crippen molar-refractivity contribution in [2.75, 3.05) is 19.6 Å². The molecule has 3 N–H and O–H groups in total. The summed E-state index contributed by atoms with van der Waals surface area (Å²) in [6.07, 6.45) is 2.51. The van der Waals surface area contributed by atoms with Crippen LogP contribution in [-0.2, 0) is 12.8 Å². The zero-order valence-corrected chi connectivity index (χ0v) is 15.9. The number of hydrogen-bond donors (Lipinski definition) is 2.